The van der Waals surface area contributed by atoms with Crippen LogP contribution in [0.4, 0.5) is 0 Å². The van der Waals surface area contributed by atoms with Gasteiger partial charge in [0.1, 0.15) is 0 Å². The van der Waals surface area contributed by atoms with Gasteiger partial charge in [-0.15, -0.1) is 0 Å². The van der Waals surface area contributed by atoms with Crippen molar-refractivity contribution in [3.8, 4) is 6.07 Å². The van der Waals surface area contributed by atoms with E-state index in [0.29, 0.717) is 5.56 Å². The van der Waals surface area contributed by atoms with Crippen molar-refractivity contribution in [1.29, 1.82) is 5.26 Å². The summed E-state index contributed by atoms with van der Waals surface area (Å²) in [7, 11) is -3.26. The molecule has 1 aromatic rings. The maximum absolute atomic E-state index is 11.3. The Kier molecular flexibility index (Phi) is 2.69. The maximum atomic E-state index is 11.3. The molecular weight excluding hydrogens is 186 g/mol. The van der Waals surface area contributed by atoms with Crippen LogP contribution >= 0.6 is 0 Å². The molecule has 0 spiro atoms. The van der Waals surface area contributed by atoms with Crippen LogP contribution in [0.3, 0.4) is 0 Å². The molecular formula is C9H8NO2S. The van der Waals surface area contributed by atoms with Crippen molar-refractivity contribution in [2.75, 3.05) is 0 Å². The number of benzene rings is 1. The Labute approximate surface area is 77.5 Å². The van der Waals surface area contributed by atoms with Crippen molar-refractivity contribution in [2.45, 2.75) is 11.8 Å². The lowest BCUT2D eigenvalue weighted by molar-refractivity contribution is 0.601. The van der Waals surface area contributed by atoms with Gasteiger partial charge in [0.25, 0.3) is 0 Å². The molecule has 0 saturated carbocycles. The largest absolute Gasteiger partial charge is 0.223 e. The fourth-order valence-electron chi connectivity index (χ4n) is 0.855. The molecule has 0 bridgehead atoms. The number of rotatable bonds is 2. The molecule has 0 N–H and O–H groups in total. The molecule has 13 heavy (non-hydrogen) atoms. The second-order valence-corrected chi connectivity index (χ2v) is 4.45. The smallest absolute Gasteiger partial charge is 0.182 e. The van der Waals surface area contributed by atoms with Crippen LogP contribution in [0.5, 0.6) is 0 Å². The summed E-state index contributed by atoms with van der Waals surface area (Å²) >= 11 is 0. The van der Waals surface area contributed by atoms with Crippen molar-refractivity contribution in [2.24, 2.45) is 0 Å². The van der Waals surface area contributed by atoms with E-state index in [1.54, 1.807) is 0 Å². The average molecular weight is 194 g/mol. The van der Waals surface area contributed by atoms with E-state index >= 15 is 0 Å². The van der Waals surface area contributed by atoms with Crippen LogP contribution in [0, 0.1) is 17.1 Å². The Morgan fingerprint density at radius 1 is 1.31 bits per heavy atom. The summed E-state index contributed by atoms with van der Waals surface area (Å²) in [5.41, 5.74) is 0.454. The molecule has 4 heteroatoms. The van der Waals surface area contributed by atoms with Gasteiger partial charge in [-0.3, -0.25) is 0 Å². The van der Waals surface area contributed by atoms with E-state index in [2.05, 4.69) is 0 Å². The second-order valence-electron chi connectivity index (χ2n) is 2.42. The average Bonchev–Trinajstić information content (AvgIpc) is 2.18. The first-order chi connectivity index (χ1) is 6.10. The molecule has 0 aliphatic rings. The van der Waals surface area contributed by atoms with E-state index in [9.17, 15) is 8.42 Å². The first kappa shape index (κ1) is 9.75. The van der Waals surface area contributed by atoms with Gasteiger partial charge >= 0.3 is 0 Å². The van der Waals surface area contributed by atoms with Crippen LogP contribution in [0.25, 0.3) is 0 Å². The molecule has 1 radical (unpaired) electrons. The summed E-state index contributed by atoms with van der Waals surface area (Å²) in [5, 5.41) is 8.48. The molecule has 67 valence electrons. The molecule has 1 aromatic carbocycles. The highest BCUT2D eigenvalue weighted by molar-refractivity contribution is 7.93. The van der Waals surface area contributed by atoms with E-state index in [-0.39, 0.29) is 4.90 Å². The zero-order valence-corrected chi connectivity index (χ0v) is 7.88. The van der Waals surface area contributed by atoms with E-state index in [1.807, 2.05) is 6.07 Å². The van der Waals surface area contributed by atoms with Gasteiger partial charge in [-0.1, -0.05) is 0 Å². The van der Waals surface area contributed by atoms with E-state index in [0.717, 1.165) is 5.75 Å². The Morgan fingerprint density at radius 3 is 2.23 bits per heavy atom. The van der Waals surface area contributed by atoms with Crippen molar-refractivity contribution in [3.63, 3.8) is 0 Å². The van der Waals surface area contributed by atoms with Gasteiger partial charge in [0.2, 0.25) is 0 Å². The molecule has 1 rings (SSSR count). The molecule has 0 aliphatic carbocycles. The van der Waals surface area contributed by atoms with Gasteiger partial charge in [-0.2, -0.15) is 5.26 Å². The molecule has 0 saturated heterocycles. The van der Waals surface area contributed by atoms with Crippen LogP contribution in [-0.2, 0) is 9.84 Å². The monoisotopic (exact) mass is 194 g/mol. The SMILES string of the molecule is C[CH]S(=O)(=O)c1ccc(C#N)cc1. The van der Waals surface area contributed by atoms with Crippen LogP contribution in [0.2, 0.25) is 0 Å². The summed E-state index contributed by atoms with van der Waals surface area (Å²) in [6, 6.07) is 7.73. The Bertz CT molecular complexity index is 426. The Hall–Kier alpha value is -1.34. The molecule has 0 aromatic heterocycles. The third kappa shape index (κ3) is 2.07. The highest BCUT2D eigenvalue weighted by Crippen LogP contribution is 2.13. The first-order valence-corrected chi connectivity index (χ1v) is 5.19. The van der Waals surface area contributed by atoms with E-state index in [4.69, 9.17) is 5.26 Å². The topological polar surface area (TPSA) is 57.9 Å². The number of hydrogen-bond donors (Lipinski definition) is 0. The number of hydrogen-bond acceptors (Lipinski definition) is 3. The summed E-state index contributed by atoms with van der Waals surface area (Å²) in [4.78, 5) is 0.217. The minimum absolute atomic E-state index is 0.217. The lowest BCUT2D eigenvalue weighted by atomic mass is 10.2. The quantitative estimate of drug-likeness (QED) is 0.717. The molecule has 0 aliphatic heterocycles. The minimum atomic E-state index is -3.26. The Balaban J connectivity index is 3.15. The standard InChI is InChI=1S/C9H8NO2S/c1-2-13(11,12)9-5-3-8(7-10)4-6-9/h2-6H,1H3. The molecule has 0 amide bonds. The summed E-state index contributed by atoms with van der Waals surface area (Å²) in [6.07, 6.45) is 0. The van der Waals surface area contributed by atoms with Gasteiger partial charge in [0.05, 0.1) is 22.3 Å². The summed E-state index contributed by atoms with van der Waals surface area (Å²) in [6.45, 7) is 1.47. The lowest BCUT2D eigenvalue weighted by Gasteiger charge is -1.99. The molecule has 0 unspecified atom stereocenters. The highest BCUT2D eigenvalue weighted by atomic mass is 32.2. The van der Waals surface area contributed by atoms with Crippen LogP contribution in [-0.4, -0.2) is 8.42 Å². The predicted molar refractivity (Wildman–Crippen MR) is 48.3 cm³/mol. The zero-order chi connectivity index (χ0) is 9.90. The third-order valence-corrected chi connectivity index (χ3v) is 3.17. The predicted octanol–water partition coefficient (Wildman–Crippen LogP) is 1.51. The zero-order valence-electron chi connectivity index (χ0n) is 7.06. The number of nitriles is 1. The van der Waals surface area contributed by atoms with Crippen molar-refractivity contribution in [1.82, 2.24) is 0 Å². The van der Waals surface area contributed by atoms with Gasteiger partial charge in [0.15, 0.2) is 9.84 Å². The molecule has 0 heterocycles. The van der Waals surface area contributed by atoms with Crippen molar-refractivity contribution >= 4 is 9.84 Å². The molecule has 3 nitrogen and oxygen atoms in total. The fraction of sp³-hybridized carbons (Fsp3) is 0.111. The van der Waals surface area contributed by atoms with Gasteiger partial charge in [-0.05, 0) is 31.2 Å². The normalized spacial score (nSPS) is 10.8. The van der Waals surface area contributed by atoms with E-state index in [1.165, 1.54) is 31.2 Å². The van der Waals surface area contributed by atoms with Crippen LogP contribution < -0.4 is 0 Å². The van der Waals surface area contributed by atoms with Crippen molar-refractivity contribution in [3.05, 3.63) is 35.6 Å². The fourth-order valence-corrected chi connectivity index (χ4v) is 1.64. The minimum Gasteiger partial charge on any atom is -0.223 e. The molecule has 0 atom stereocenters. The lowest BCUT2D eigenvalue weighted by Crippen LogP contribution is -1.98. The van der Waals surface area contributed by atoms with Gasteiger partial charge in [0, 0.05) is 0 Å². The third-order valence-electron chi connectivity index (χ3n) is 1.62. The Morgan fingerprint density at radius 2 is 1.85 bits per heavy atom. The summed E-state index contributed by atoms with van der Waals surface area (Å²) < 4.78 is 22.5. The number of sulfone groups is 1. The highest BCUT2D eigenvalue weighted by Gasteiger charge is 2.10. The maximum Gasteiger partial charge on any atom is 0.182 e. The van der Waals surface area contributed by atoms with Crippen LogP contribution in [0.1, 0.15) is 12.5 Å². The second kappa shape index (κ2) is 3.58. The van der Waals surface area contributed by atoms with Gasteiger partial charge < -0.3 is 0 Å². The molecule has 0 fully saturated rings. The van der Waals surface area contributed by atoms with Gasteiger partial charge in [-0.25, -0.2) is 8.42 Å². The number of nitrogens with zero attached hydrogens (tertiary/aromatic N) is 1. The van der Waals surface area contributed by atoms with E-state index < -0.39 is 9.84 Å². The summed E-state index contributed by atoms with van der Waals surface area (Å²) in [5.74, 6) is 1.13. The van der Waals surface area contributed by atoms with Crippen molar-refractivity contribution < 1.29 is 8.42 Å². The van der Waals surface area contributed by atoms with Crippen LogP contribution in [0.15, 0.2) is 29.2 Å². The first-order valence-electron chi connectivity index (χ1n) is 3.65.